The molecule has 1 aromatic heterocycles. The summed E-state index contributed by atoms with van der Waals surface area (Å²) < 4.78 is 0.645. The average Bonchev–Trinajstić information content (AvgIpc) is 1.95. The zero-order valence-electron chi connectivity index (χ0n) is 5.51. The van der Waals surface area contributed by atoms with E-state index in [9.17, 15) is 0 Å². The van der Waals surface area contributed by atoms with Crippen LogP contribution in [0.5, 0.6) is 0 Å². The number of nitrogens with zero attached hydrogens (tertiary/aromatic N) is 2. The fraction of sp³-hybridized carbons (Fsp3) is 0.143. The Kier molecular flexibility index (Phi) is 2.86. The second kappa shape index (κ2) is 3.70. The molecule has 1 aromatic rings. The lowest BCUT2D eigenvalue weighted by Gasteiger charge is -1.97. The lowest BCUT2D eigenvalue weighted by Crippen LogP contribution is -1.86. The van der Waals surface area contributed by atoms with Crippen molar-refractivity contribution >= 4 is 27.5 Å². The van der Waals surface area contributed by atoms with E-state index < -0.39 is 0 Å². The van der Waals surface area contributed by atoms with E-state index in [-0.39, 0.29) is 0 Å². The second-order valence-electron chi connectivity index (χ2n) is 1.92. The van der Waals surface area contributed by atoms with Crippen molar-refractivity contribution in [1.29, 1.82) is 5.26 Å². The molecule has 56 valence electrons. The quantitative estimate of drug-likeness (QED) is 0.697. The molecule has 0 unspecified atom stereocenters. The van der Waals surface area contributed by atoms with E-state index in [1.54, 1.807) is 12.1 Å². The first kappa shape index (κ1) is 8.51. The molecule has 11 heavy (non-hydrogen) atoms. The van der Waals surface area contributed by atoms with E-state index in [1.165, 1.54) is 0 Å². The Morgan fingerprint density at radius 1 is 1.64 bits per heavy atom. The Morgan fingerprint density at radius 3 is 2.91 bits per heavy atom. The number of hydrogen-bond acceptors (Lipinski definition) is 2. The van der Waals surface area contributed by atoms with Gasteiger partial charge >= 0.3 is 0 Å². The van der Waals surface area contributed by atoms with Gasteiger partial charge in [0.05, 0.1) is 12.5 Å². The standard InChI is InChI=1S/C7H4BrClN2/c8-7-5(3-4-10)1-2-6(9)11-7/h1-2H,3H2. The van der Waals surface area contributed by atoms with Gasteiger partial charge in [-0.15, -0.1) is 0 Å². The topological polar surface area (TPSA) is 36.7 Å². The minimum atomic E-state index is 0.352. The van der Waals surface area contributed by atoms with Crippen LogP contribution in [0, 0.1) is 11.3 Å². The van der Waals surface area contributed by atoms with Crippen molar-refractivity contribution in [2.45, 2.75) is 6.42 Å². The highest BCUT2D eigenvalue weighted by Crippen LogP contribution is 2.17. The molecule has 0 amide bonds. The summed E-state index contributed by atoms with van der Waals surface area (Å²) in [6.07, 6.45) is 0.352. The molecule has 0 atom stereocenters. The van der Waals surface area contributed by atoms with Gasteiger partial charge < -0.3 is 0 Å². The fourth-order valence-corrected chi connectivity index (χ4v) is 1.37. The largest absolute Gasteiger partial charge is 0.229 e. The third-order valence-electron chi connectivity index (χ3n) is 1.16. The van der Waals surface area contributed by atoms with Crippen molar-refractivity contribution in [3.8, 4) is 6.07 Å². The van der Waals surface area contributed by atoms with Crippen LogP contribution in [0.1, 0.15) is 5.56 Å². The first-order chi connectivity index (χ1) is 5.24. The second-order valence-corrected chi connectivity index (χ2v) is 3.06. The van der Waals surface area contributed by atoms with Crippen molar-refractivity contribution in [2.24, 2.45) is 0 Å². The van der Waals surface area contributed by atoms with Crippen LogP contribution in [0.15, 0.2) is 16.7 Å². The Balaban J connectivity index is 3.01. The highest BCUT2D eigenvalue weighted by molar-refractivity contribution is 9.10. The number of halogens is 2. The molecule has 0 fully saturated rings. The molecule has 0 aliphatic carbocycles. The van der Waals surface area contributed by atoms with Crippen molar-refractivity contribution in [2.75, 3.05) is 0 Å². The predicted octanol–water partition coefficient (Wildman–Crippen LogP) is 2.56. The molecule has 4 heteroatoms. The van der Waals surface area contributed by atoms with E-state index >= 15 is 0 Å². The van der Waals surface area contributed by atoms with Crippen LogP contribution in [0.4, 0.5) is 0 Å². The molecule has 0 saturated carbocycles. The Bertz CT molecular complexity index is 306. The van der Waals surface area contributed by atoms with E-state index in [1.807, 2.05) is 6.07 Å². The van der Waals surface area contributed by atoms with Crippen molar-refractivity contribution < 1.29 is 0 Å². The molecule has 0 aromatic carbocycles. The molecular formula is C7H4BrClN2. The summed E-state index contributed by atoms with van der Waals surface area (Å²) in [6.45, 7) is 0. The van der Waals surface area contributed by atoms with Gasteiger partial charge in [0.15, 0.2) is 0 Å². The summed E-state index contributed by atoms with van der Waals surface area (Å²) in [5.74, 6) is 0. The highest BCUT2D eigenvalue weighted by Gasteiger charge is 2.00. The van der Waals surface area contributed by atoms with Crippen molar-refractivity contribution in [3.05, 3.63) is 27.5 Å². The van der Waals surface area contributed by atoms with Crippen LogP contribution < -0.4 is 0 Å². The third kappa shape index (κ3) is 2.18. The zero-order chi connectivity index (χ0) is 8.27. The van der Waals surface area contributed by atoms with Gasteiger partial charge in [-0.1, -0.05) is 17.7 Å². The molecule has 0 radical (unpaired) electrons. The van der Waals surface area contributed by atoms with E-state index in [2.05, 4.69) is 20.9 Å². The first-order valence-corrected chi connectivity index (χ1v) is 4.09. The molecule has 0 saturated heterocycles. The number of nitriles is 1. The Hall–Kier alpha value is -0.590. The number of pyridine rings is 1. The molecule has 0 aliphatic heterocycles. The van der Waals surface area contributed by atoms with Crippen LogP contribution in [-0.2, 0) is 6.42 Å². The molecule has 0 spiro atoms. The summed E-state index contributed by atoms with van der Waals surface area (Å²) in [4.78, 5) is 3.92. The first-order valence-electron chi connectivity index (χ1n) is 2.92. The van der Waals surface area contributed by atoms with Crippen LogP contribution >= 0.6 is 27.5 Å². The van der Waals surface area contributed by atoms with Gasteiger partial charge in [-0.05, 0) is 27.6 Å². The number of rotatable bonds is 1. The summed E-state index contributed by atoms with van der Waals surface area (Å²) >= 11 is 8.79. The molecule has 0 aliphatic rings. The smallest absolute Gasteiger partial charge is 0.130 e. The van der Waals surface area contributed by atoms with Gasteiger partial charge in [-0.3, -0.25) is 0 Å². The fourth-order valence-electron chi connectivity index (χ4n) is 0.658. The van der Waals surface area contributed by atoms with Gasteiger partial charge in [0.2, 0.25) is 0 Å². The maximum absolute atomic E-state index is 8.38. The summed E-state index contributed by atoms with van der Waals surface area (Å²) in [6, 6.07) is 5.48. The van der Waals surface area contributed by atoms with E-state index in [0.717, 1.165) is 5.56 Å². The van der Waals surface area contributed by atoms with Crippen molar-refractivity contribution in [3.63, 3.8) is 0 Å². The molecule has 2 nitrogen and oxygen atoms in total. The summed E-state index contributed by atoms with van der Waals surface area (Å²) in [5, 5.41) is 8.81. The van der Waals surface area contributed by atoms with Gasteiger partial charge in [0.1, 0.15) is 9.76 Å². The normalized spacial score (nSPS) is 9.18. The monoisotopic (exact) mass is 230 g/mol. The number of hydrogen-bond donors (Lipinski definition) is 0. The van der Waals surface area contributed by atoms with Gasteiger partial charge in [0, 0.05) is 0 Å². The van der Waals surface area contributed by atoms with Crippen LogP contribution in [0.25, 0.3) is 0 Å². The maximum Gasteiger partial charge on any atom is 0.130 e. The molecule has 1 heterocycles. The highest BCUT2D eigenvalue weighted by atomic mass is 79.9. The van der Waals surface area contributed by atoms with Crippen LogP contribution in [-0.4, -0.2) is 4.98 Å². The number of aromatic nitrogens is 1. The van der Waals surface area contributed by atoms with Crippen LogP contribution in [0.3, 0.4) is 0 Å². The third-order valence-corrected chi connectivity index (χ3v) is 2.06. The predicted molar refractivity (Wildman–Crippen MR) is 46.3 cm³/mol. The van der Waals surface area contributed by atoms with Gasteiger partial charge in [-0.2, -0.15) is 5.26 Å². The van der Waals surface area contributed by atoms with E-state index in [4.69, 9.17) is 16.9 Å². The van der Waals surface area contributed by atoms with E-state index in [0.29, 0.717) is 16.2 Å². The molecular weight excluding hydrogens is 227 g/mol. The molecule has 0 N–H and O–H groups in total. The average molecular weight is 231 g/mol. The Labute approximate surface area is 77.9 Å². The lowest BCUT2D eigenvalue weighted by molar-refractivity contribution is 1.15. The van der Waals surface area contributed by atoms with Crippen molar-refractivity contribution in [1.82, 2.24) is 4.98 Å². The minimum Gasteiger partial charge on any atom is -0.229 e. The molecule has 0 bridgehead atoms. The van der Waals surface area contributed by atoms with Crippen LogP contribution in [0.2, 0.25) is 5.15 Å². The lowest BCUT2D eigenvalue weighted by atomic mass is 10.2. The Morgan fingerprint density at radius 2 is 2.36 bits per heavy atom. The van der Waals surface area contributed by atoms with Gasteiger partial charge in [-0.25, -0.2) is 4.98 Å². The molecule has 1 rings (SSSR count). The SMILES string of the molecule is N#CCc1ccc(Cl)nc1Br. The summed E-state index contributed by atoms with van der Waals surface area (Å²) in [5.41, 5.74) is 0.858. The van der Waals surface area contributed by atoms with Gasteiger partial charge in [0.25, 0.3) is 0 Å². The minimum absolute atomic E-state index is 0.352. The maximum atomic E-state index is 8.38. The zero-order valence-corrected chi connectivity index (χ0v) is 7.85. The summed E-state index contributed by atoms with van der Waals surface area (Å²) in [7, 11) is 0.